The summed E-state index contributed by atoms with van der Waals surface area (Å²) in [6.45, 7) is 3.96. The summed E-state index contributed by atoms with van der Waals surface area (Å²) in [5.74, 6) is 0.245. The molecule has 1 aliphatic rings. The molecule has 1 unspecified atom stereocenters. The van der Waals surface area contributed by atoms with E-state index in [0.29, 0.717) is 11.5 Å². The Balaban J connectivity index is 2.81. The van der Waals surface area contributed by atoms with E-state index in [9.17, 15) is 9.90 Å². The predicted molar refractivity (Wildman–Crippen MR) is 43.1 cm³/mol. The molecule has 0 bridgehead atoms. The van der Waals surface area contributed by atoms with E-state index in [1.54, 1.807) is 6.08 Å². The summed E-state index contributed by atoms with van der Waals surface area (Å²) >= 11 is 0. The van der Waals surface area contributed by atoms with Crippen LogP contribution < -0.4 is 0 Å². The summed E-state index contributed by atoms with van der Waals surface area (Å²) in [6, 6.07) is 0. The van der Waals surface area contributed by atoms with Crippen molar-refractivity contribution in [1.82, 2.24) is 0 Å². The molecule has 0 aromatic heterocycles. The van der Waals surface area contributed by atoms with Gasteiger partial charge < -0.3 is 5.11 Å². The standard InChI is InChI=1S/C9H12O2/c1-6(2)5-7-8(10)3-4-9(7)11/h3-6,8,10H,1-2H3. The molecule has 2 heteroatoms. The average molecular weight is 152 g/mol. The summed E-state index contributed by atoms with van der Waals surface area (Å²) in [4.78, 5) is 11.0. The fourth-order valence-electron chi connectivity index (χ4n) is 1.06. The molecular weight excluding hydrogens is 140 g/mol. The summed E-state index contributed by atoms with van der Waals surface area (Å²) in [6.07, 6.45) is 4.05. The number of ketones is 1. The van der Waals surface area contributed by atoms with Gasteiger partial charge in [0.2, 0.25) is 0 Å². The maximum absolute atomic E-state index is 11.0. The number of hydrogen-bond acceptors (Lipinski definition) is 2. The molecule has 60 valence electrons. The van der Waals surface area contributed by atoms with E-state index in [1.807, 2.05) is 13.8 Å². The van der Waals surface area contributed by atoms with Crippen LogP contribution >= 0.6 is 0 Å². The second kappa shape index (κ2) is 3.01. The first-order valence-corrected chi connectivity index (χ1v) is 3.73. The van der Waals surface area contributed by atoms with Crippen LogP contribution in [0.1, 0.15) is 13.8 Å². The lowest BCUT2D eigenvalue weighted by Gasteiger charge is -2.03. The first kappa shape index (κ1) is 8.21. The number of aliphatic hydroxyl groups excluding tert-OH is 1. The zero-order valence-electron chi connectivity index (χ0n) is 6.74. The number of allylic oxidation sites excluding steroid dienone is 2. The number of aliphatic hydroxyl groups is 1. The van der Waals surface area contributed by atoms with Crippen LogP contribution in [-0.2, 0) is 4.79 Å². The van der Waals surface area contributed by atoms with Crippen molar-refractivity contribution in [3.8, 4) is 0 Å². The largest absolute Gasteiger partial charge is 0.384 e. The quantitative estimate of drug-likeness (QED) is 0.570. The zero-order chi connectivity index (χ0) is 8.43. The Morgan fingerprint density at radius 2 is 2.27 bits per heavy atom. The molecule has 0 aromatic rings. The number of carbonyl (C=O) groups excluding carboxylic acids is 1. The number of hydrogen-bond donors (Lipinski definition) is 1. The van der Waals surface area contributed by atoms with Crippen LogP contribution in [-0.4, -0.2) is 17.0 Å². The molecular formula is C9H12O2. The van der Waals surface area contributed by atoms with Gasteiger partial charge in [0.25, 0.3) is 0 Å². The summed E-state index contributed by atoms with van der Waals surface area (Å²) in [7, 11) is 0. The van der Waals surface area contributed by atoms with Crippen LogP contribution in [0.15, 0.2) is 23.8 Å². The lowest BCUT2D eigenvalue weighted by molar-refractivity contribution is -0.111. The normalized spacial score (nSPS) is 27.5. The number of carbonyl (C=O) groups is 1. The van der Waals surface area contributed by atoms with Crippen LogP contribution in [0.3, 0.4) is 0 Å². The smallest absolute Gasteiger partial charge is 0.184 e. The van der Waals surface area contributed by atoms with Gasteiger partial charge >= 0.3 is 0 Å². The monoisotopic (exact) mass is 152 g/mol. The van der Waals surface area contributed by atoms with Crippen molar-refractivity contribution >= 4 is 5.78 Å². The molecule has 2 nitrogen and oxygen atoms in total. The van der Waals surface area contributed by atoms with Gasteiger partial charge in [0.05, 0.1) is 0 Å². The third kappa shape index (κ3) is 1.77. The Bertz CT molecular complexity index is 224. The van der Waals surface area contributed by atoms with Gasteiger partial charge in [-0.15, -0.1) is 0 Å². The number of rotatable bonds is 1. The minimum atomic E-state index is -0.676. The third-order valence-electron chi connectivity index (χ3n) is 1.55. The predicted octanol–water partition coefficient (Wildman–Crippen LogP) is 1.07. The van der Waals surface area contributed by atoms with Gasteiger partial charge in [-0.25, -0.2) is 0 Å². The van der Waals surface area contributed by atoms with Gasteiger partial charge in [0, 0.05) is 5.57 Å². The Morgan fingerprint density at radius 3 is 2.64 bits per heavy atom. The molecule has 1 N–H and O–H groups in total. The first-order valence-electron chi connectivity index (χ1n) is 3.73. The van der Waals surface area contributed by atoms with E-state index in [1.165, 1.54) is 12.2 Å². The van der Waals surface area contributed by atoms with Crippen molar-refractivity contribution in [2.75, 3.05) is 0 Å². The van der Waals surface area contributed by atoms with Crippen molar-refractivity contribution in [2.24, 2.45) is 5.92 Å². The maximum atomic E-state index is 11.0. The van der Waals surface area contributed by atoms with Gasteiger partial charge in [-0.1, -0.05) is 19.9 Å². The lowest BCUT2D eigenvalue weighted by Crippen LogP contribution is -2.08. The molecule has 0 fully saturated rings. The summed E-state index contributed by atoms with van der Waals surface area (Å²) < 4.78 is 0. The van der Waals surface area contributed by atoms with Gasteiger partial charge in [0.15, 0.2) is 5.78 Å². The van der Waals surface area contributed by atoms with Gasteiger partial charge in [-0.05, 0) is 18.1 Å². The van der Waals surface area contributed by atoms with Crippen molar-refractivity contribution < 1.29 is 9.90 Å². The SMILES string of the molecule is CC(C)C=C1C(=O)C=CC1O. The first-order chi connectivity index (χ1) is 5.11. The van der Waals surface area contributed by atoms with Crippen LogP contribution in [0.5, 0.6) is 0 Å². The molecule has 11 heavy (non-hydrogen) atoms. The van der Waals surface area contributed by atoms with E-state index in [0.717, 1.165) is 0 Å². The summed E-state index contributed by atoms with van der Waals surface area (Å²) in [5, 5.41) is 9.23. The van der Waals surface area contributed by atoms with Gasteiger partial charge in [-0.3, -0.25) is 4.79 Å². The van der Waals surface area contributed by atoms with E-state index in [-0.39, 0.29) is 5.78 Å². The third-order valence-corrected chi connectivity index (χ3v) is 1.55. The van der Waals surface area contributed by atoms with Crippen LogP contribution in [0.2, 0.25) is 0 Å². The van der Waals surface area contributed by atoms with Gasteiger partial charge in [0.1, 0.15) is 6.10 Å². The highest BCUT2D eigenvalue weighted by atomic mass is 16.3. The van der Waals surface area contributed by atoms with Gasteiger partial charge in [-0.2, -0.15) is 0 Å². The molecule has 0 amide bonds. The molecule has 1 aliphatic carbocycles. The molecule has 0 saturated carbocycles. The highest BCUT2D eigenvalue weighted by molar-refractivity contribution is 6.07. The molecule has 1 rings (SSSR count). The topological polar surface area (TPSA) is 37.3 Å². The Labute approximate surface area is 66.2 Å². The van der Waals surface area contributed by atoms with Crippen molar-refractivity contribution in [2.45, 2.75) is 20.0 Å². The van der Waals surface area contributed by atoms with Crippen molar-refractivity contribution in [3.63, 3.8) is 0 Å². The van der Waals surface area contributed by atoms with E-state index in [2.05, 4.69) is 0 Å². The zero-order valence-corrected chi connectivity index (χ0v) is 6.74. The Morgan fingerprint density at radius 1 is 1.64 bits per heavy atom. The fourth-order valence-corrected chi connectivity index (χ4v) is 1.06. The molecule has 0 saturated heterocycles. The van der Waals surface area contributed by atoms with Crippen molar-refractivity contribution in [3.05, 3.63) is 23.8 Å². The molecule has 1 atom stereocenters. The molecule has 0 radical (unpaired) electrons. The fraction of sp³-hybridized carbons (Fsp3) is 0.444. The van der Waals surface area contributed by atoms with Crippen LogP contribution in [0.25, 0.3) is 0 Å². The van der Waals surface area contributed by atoms with E-state index in [4.69, 9.17) is 0 Å². The highest BCUT2D eigenvalue weighted by Crippen LogP contribution is 2.16. The van der Waals surface area contributed by atoms with E-state index >= 15 is 0 Å². The Kier molecular flexibility index (Phi) is 2.25. The van der Waals surface area contributed by atoms with Crippen LogP contribution in [0, 0.1) is 5.92 Å². The molecule has 0 spiro atoms. The molecule has 0 aliphatic heterocycles. The second-order valence-corrected chi connectivity index (χ2v) is 3.03. The minimum Gasteiger partial charge on any atom is -0.384 e. The minimum absolute atomic E-state index is 0.0637. The van der Waals surface area contributed by atoms with Crippen LogP contribution in [0.4, 0.5) is 0 Å². The summed E-state index contributed by atoms with van der Waals surface area (Å²) in [5.41, 5.74) is 0.514. The second-order valence-electron chi connectivity index (χ2n) is 3.03. The lowest BCUT2D eigenvalue weighted by atomic mass is 10.1. The van der Waals surface area contributed by atoms with Crippen molar-refractivity contribution in [1.29, 1.82) is 0 Å². The maximum Gasteiger partial charge on any atom is 0.184 e. The van der Waals surface area contributed by atoms with E-state index < -0.39 is 6.10 Å². The average Bonchev–Trinajstić information content (AvgIpc) is 2.18. The highest BCUT2D eigenvalue weighted by Gasteiger charge is 2.20. The Hall–Kier alpha value is -0.890. The molecule has 0 heterocycles. The molecule has 0 aromatic carbocycles.